The Bertz CT molecular complexity index is 697. The Hall–Kier alpha value is -1.02. The Morgan fingerprint density at radius 3 is 2.72 bits per heavy atom. The van der Waals surface area contributed by atoms with Gasteiger partial charge in [0.05, 0.1) is 6.61 Å². The third-order valence-electron chi connectivity index (χ3n) is 4.51. The lowest BCUT2D eigenvalue weighted by Gasteiger charge is -2.19. The lowest BCUT2D eigenvalue weighted by Crippen LogP contribution is -2.11. The second kappa shape index (κ2) is 9.62. The molecule has 1 aromatic carbocycles. The van der Waals surface area contributed by atoms with E-state index in [0.29, 0.717) is 37.4 Å². The molecule has 0 saturated carbocycles. The highest BCUT2D eigenvalue weighted by Crippen LogP contribution is 2.39. The molecule has 1 aliphatic heterocycles. The number of aldehydes is 1. The van der Waals surface area contributed by atoms with Crippen molar-refractivity contribution in [2.75, 3.05) is 12.4 Å². The van der Waals surface area contributed by atoms with Gasteiger partial charge in [0.2, 0.25) is 0 Å². The maximum atomic E-state index is 12.3. The number of carbonyl (C=O) groups excluding carboxylic acids is 2. The lowest BCUT2D eigenvalue weighted by molar-refractivity contribution is -0.105. The first-order chi connectivity index (χ1) is 12.1. The monoisotopic (exact) mass is 474 g/mol. The molecule has 0 unspecified atom stereocenters. The Morgan fingerprint density at radius 1 is 1.36 bits per heavy atom. The topological polar surface area (TPSA) is 52.6 Å². The fraction of sp³-hybridized carbons (Fsp3) is 0.474. The van der Waals surface area contributed by atoms with Crippen molar-refractivity contribution < 1.29 is 19.1 Å². The summed E-state index contributed by atoms with van der Waals surface area (Å²) in [6, 6.07) is 0. The molecule has 0 spiro atoms. The molecule has 6 heteroatoms. The average molecular weight is 474 g/mol. The van der Waals surface area contributed by atoms with Gasteiger partial charge in [0.1, 0.15) is 24.2 Å². The van der Waals surface area contributed by atoms with E-state index in [1.54, 1.807) is 8.93 Å². The molecule has 1 heterocycles. The van der Waals surface area contributed by atoms with Crippen LogP contribution in [-0.2, 0) is 29.0 Å². The summed E-state index contributed by atoms with van der Waals surface area (Å²) in [4.78, 5) is 23.4. The largest absolute Gasteiger partial charge is 0.491 e. The summed E-state index contributed by atoms with van der Waals surface area (Å²) in [5.41, 5.74) is 5.57. The standard InChI is InChI=1S/C19H23IO4S/c1-4-13(10-21)6-7-15-14(5-2)12(3)16-11-24-19(22)17(16)18(15)23-8-9-25-20/h6,10H,4-5,7-9,11H2,1-3H3/b13-6+. The highest BCUT2D eigenvalue weighted by molar-refractivity contribution is 14.2. The zero-order chi connectivity index (χ0) is 18.4. The number of halogens is 1. The van der Waals surface area contributed by atoms with Crippen molar-refractivity contribution in [1.29, 1.82) is 0 Å². The maximum Gasteiger partial charge on any atom is 0.342 e. The van der Waals surface area contributed by atoms with Crippen LogP contribution in [-0.4, -0.2) is 24.6 Å². The van der Waals surface area contributed by atoms with Crippen LogP contribution in [0.5, 0.6) is 5.75 Å². The number of hydrogen-bond acceptors (Lipinski definition) is 5. The molecule has 4 nitrogen and oxygen atoms in total. The average Bonchev–Trinajstić information content (AvgIpc) is 3.00. The summed E-state index contributed by atoms with van der Waals surface area (Å²) in [6.07, 6.45) is 4.95. The third-order valence-corrected chi connectivity index (χ3v) is 6.15. The van der Waals surface area contributed by atoms with Crippen molar-refractivity contribution in [1.82, 2.24) is 0 Å². The second-order valence-electron chi connectivity index (χ2n) is 5.81. The molecule has 0 aromatic heterocycles. The van der Waals surface area contributed by atoms with Gasteiger partial charge < -0.3 is 9.47 Å². The molecule has 0 fully saturated rings. The van der Waals surface area contributed by atoms with Gasteiger partial charge in [0.15, 0.2) is 0 Å². The SMILES string of the molecule is CC/C(C=O)=C\Cc1c(CC)c(C)c2c(c1OCCSI)C(=O)OC2. The van der Waals surface area contributed by atoms with Crippen LogP contribution in [0.15, 0.2) is 11.6 Å². The van der Waals surface area contributed by atoms with Crippen molar-refractivity contribution in [3.63, 3.8) is 0 Å². The number of carbonyl (C=O) groups is 2. The highest BCUT2D eigenvalue weighted by atomic mass is 127. The minimum atomic E-state index is -0.311. The number of rotatable bonds is 9. The number of esters is 1. The molecular formula is C19H23IO4S. The second-order valence-corrected chi connectivity index (χ2v) is 8.31. The molecule has 25 heavy (non-hydrogen) atoms. The fourth-order valence-corrected chi connectivity index (χ4v) is 3.85. The van der Waals surface area contributed by atoms with Gasteiger partial charge in [-0.25, -0.2) is 4.79 Å². The number of cyclic esters (lactones) is 1. The zero-order valence-corrected chi connectivity index (χ0v) is 17.8. The molecule has 1 aliphatic rings. The molecule has 0 amide bonds. The van der Waals surface area contributed by atoms with Crippen molar-refractivity contribution in [3.8, 4) is 5.75 Å². The van der Waals surface area contributed by atoms with E-state index in [0.717, 1.165) is 40.7 Å². The Morgan fingerprint density at radius 2 is 2.12 bits per heavy atom. The molecular weight excluding hydrogens is 451 g/mol. The van der Waals surface area contributed by atoms with Gasteiger partial charge >= 0.3 is 5.97 Å². The predicted molar refractivity (Wildman–Crippen MR) is 110 cm³/mol. The van der Waals surface area contributed by atoms with E-state index in [-0.39, 0.29) is 5.97 Å². The van der Waals surface area contributed by atoms with Crippen LogP contribution in [0.25, 0.3) is 0 Å². The summed E-state index contributed by atoms with van der Waals surface area (Å²) in [5.74, 6) is 1.17. The Balaban J connectivity index is 2.58. The van der Waals surface area contributed by atoms with Crippen LogP contribution < -0.4 is 4.74 Å². The van der Waals surface area contributed by atoms with Gasteiger partial charge in [0.25, 0.3) is 0 Å². The van der Waals surface area contributed by atoms with E-state index in [4.69, 9.17) is 9.47 Å². The van der Waals surface area contributed by atoms with Gasteiger partial charge in [-0.2, -0.15) is 0 Å². The first kappa shape index (κ1) is 20.3. The van der Waals surface area contributed by atoms with Gasteiger partial charge in [0, 0.05) is 16.9 Å². The molecule has 0 radical (unpaired) electrons. The molecule has 0 saturated heterocycles. The quantitative estimate of drug-likeness (QED) is 0.170. The molecule has 136 valence electrons. The molecule has 0 atom stereocenters. The van der Waals surface area contributed by atoms with E-state index in [1.165, 1.54) is 5.56 Å². The highest BCUT2D eigenvalue weighted by Gasteiger charge is 2.32. The molecule has 0 aliphatic carbocycles. The van der Waals surface area contributed by atoms with Crippen LogP contribution in [0.4, 0.5) is 0 Å². The minimum Gasteiger partial charge on any atom is -0.491 e. The summed E-state index contributed by atoms with van der Waals surface area (Å²) in [5, 5.41) is 0. The molecule has 2 rings (SSSR count). The lowest BCUT2D eigenvalue weighted by atomic mass is 9.89. The third kappa shape index (κ3) is 4.39. The van der Waals surface area contributed by atoms with Crippen molar-refractivity contribution in [2.45, 2.75) is 46.6 Å². The van der Waals surface area contributed by atoms with Crippen LogP contribution in [0.3, 0.4) is 0 Å². The summed E-state index contributed by atoms with van der Waals surface area (Å²) in [6.45, 7) is 6.95. The summed E-state index contributed by atoms with van der Waals surface area (Å²) >= 11 is 2.23. The molecule has 0 N–H and O–H groups in total. The maximum absolute atomic E-state index is 12.3. The van der Waals surface area contributed by atoms with Crippen LogP contribution >= 0.6 is 30.1 Å². The number of ether oxygens (including phenoxy) is 2. The van der Waals surface area contributed by atoms with E-state index in [2.05, 4.69) is 28.1 Å². The molecule has 0 bridgehead atoms. The first-order valence-corrected chi connectivity index (χ1v) is 12.0. The van der Waals surface area contributed by atoms with Crippen molar-refractivity contribution in [2.24, 2.45) is 0 Å². The first-order valence-electron chi connectivity index (χ1n) is 8.43. The van der Waals surface area contributed by atoms with Gasteiger partial charge in [-0.3, -0.25) is 4.79 Å². The van der Waals surface area contributed by atoms with Crippen molar-refractivity contribution >= 4 is 42.4 Å². The van der Waals surface area contributed by atoms with Gasteiger partial charge in [-0.1, -0.05) is 28.9 Å². The Labute approximate surface area is 165 Å². The number of hydrogen-bond donors (Lipinski definition) is 0. The molecule has 1 aromatic rings. The summed E-state index contributed by atoms with van der Waals surface area (Å²) in [7, 11) is 1.67. The van der Waals surface area contributed by atoms with Crippen LogP contribution in [0.2, 0.25) is 0 Å². The Kier molecular flexibility index (Phi) is 7.81. The fourth-order valence-electron chi connectivity index (χ4n) is 3.17. The van der Waals surface area contributed by atoms with Crippen LogP contribution in [0, 0.1) is 6.92 Å². The number of benzene rings is 1. The van der Waals surface area contributed by atoms with E-state index in [9.17, 15) is 9.59 Å². The van der Waals surface area contributed by atoms with E-state index >= 15 is 0 Å². The van der Waals surface area contributed by atoms with E-state index < -0.39 is 0 Å². The zero-order valence-electron chi connectivity index (χ0n) is 14.8. The number of allylic oxidation sites excluding steroid dienone is 2. The van der Waals surface area contributed by atoms with Gasteiger partial charge in [-0.15, -0.1) is 0 Å². The summed E-state index contributed by atoms with van der Waals surface area (Å²) < 4.78 is 11.3. The number of fused-ring (bicyclic) bond motifs is 1. The normalized spacial score (nSPS) is 13.6. The van der Waals surface area contributed by atoms with Crippen molar-refractivity contribution in [3.05, 3.63) is 39.5 Å². The smallest absolute Gasteiger partial charge is 0.342 e. The van der Waals surface area contributed by atoms with Gasteiger partial charge in [-0.05, 0) is 64.1 Å². The minimum absolute atomic E-state index is 0.311. The van der Waals surface area contributed by atoms with Crippen LogP contribution in [0.1, 0.15) is 52.9 Å². The van der Waals surface area contributed by atoms with E-state index in [1.807, 2.05) is 19.9 Å². The predicted octanol–water partition coefficient (Wildman–Crippen LogP) is 4.77.